The maximum atomic E-state index is 11.6. The molecule has 5 nitrogen and oxygen atoms in total. The molecule has 1 atom stereocenters. The first-order valence-corrected chi connectivity index (χ1v) is 8.74. The molecule has 0 amide bonds. The number of halogens is 1. The van der Waals surface area contributed by atoms with Crippen LogP contribution >= 0.6 is 11.6 Å². The molecule has 26 heavy (non-hydrogen) atoms. The van der Waals surface area contributed by atoms with Gasteiger partial charge in [0.05, 0.1) is 6.54 Å². The third kappa shape index (κ3) is 3.89. The molecule has 1 heterocycles. The highest BCUT2D eigenvalue weighted by Crippen LogP contribution is 2.43. The monoisotopic (exact) mass is 371 g/mol. The van der Waals surface area contributed by atoms with Gasteiger partial charge in [0.25, 0.3) is 0 Å². The van der Waals surface area contributed by atoms with E-state index in [0.29, 0.717) is 22.1 Å². The van der Waals surface area contributed by atoms with Crippen LogP contribution in [0.2, 0.25) is 5.02 Å². The predicted octanol–water partition coefficient (Wildman–Crippen LogP) is 4.66. The Morgan fingerprint density at radius 1 is 1.08 bits per heavy atom. The zero-order chi connectivity index (χ0) is 18.8. The molecule has 0 radical (unpaired) electrons. The molecule has 136 valence electrons. The highest BCUT2D eigenvalue weighted by Gasteiger charge is 2.43. The molecular weight excluding hydrogens is 350 g/mol. The van der Waals surface area contributed by atoms with E-state index in [4.69, 9.17) is 16.3 Å². The fourth-order valence-corrected chi connectivity index (χ4v) is 3.02. The Balaban J connectivity index is 2.01. The maximum absolute atomic E-state index is 11.6. The molecule has 1 aromatic heterocycles. The number of nitrogens with zero attached hydrogens (tertiary/aromatic N) is 3. The van der Waals surface area contributed by atoms with Crippen molar-refractivity contribution in [2.75, 3.05) is 0 Å². The fraction of sp³-hybridized carbons (Fsp3) is 0.300. The molecule has 1 N–H and O–H groups in total. The summed E-state index contributed by atoms with van der Waals surface area (Å²) < 4.78 is 7.53. The molecule has 0 saturated carbocycles. The summed E-state index contributed by atoms with van der Waals surface area (Å²) in [5.74, 6) is 1.27. The number of rotatable bonds is 5. The Morgan fingerprint density at radius 2 is 1.81 bits per heavy atom. The summed E-state index contributed by atoms with van der Waals surface area (Å²) in [7, 11) is 0. The minimum absolute atomic E-state index is 0.252. The molecule has 6 heteroatoms. The van der Waals surface area contributed by atoms with Gasteiger partial charge < -0.3 is 9.84 Å². The second-order valence-electron chi connectivity index (χ2n) is 7.29. The van der Waals surface area contributed by atoms with Gasteiger partial charge in [-0.3, -0.25) is 0 Å². The number of ether oxygens (including phenoxy) is 1. The van der Waals surface area contributed by atoms with Crippen LogP contribution in [0.25, 0.3) is 0 Å². The van der Waals surface area contributed by atoms with Crippen molar-refractivity contribution in [1.29, 1.82) is 0 Å². The van der Waals surface area contributed by atoms with Crippen molar-refractivity contribution >= 4 is 11.6 Å². The van der Waals surface area contributed by atoms with E-state index in [9.17, 15) is 5.11 Å². The molecule has 0 saturated heterocycles. The molecule has 1 unspecified atom stereocenters. The van der Waals surface area contributed by atoms with Gasteiger partial charge in [0.1, 0.15) is 29.8 Å². The summed E-state index contributed by atoms with van der Waals surface area (Å²) in [4.78, 5) is 3.96. The molecule has 0 bridgehead atoms. The smallest absolute Gasteiger partial charge is 0.137 e. The molecular formula is C20H22ClN3O2. The molecule has 2 aromatic carbocycles. The second kappa shape index (κ2) is 7.09. The van der Waals surface area contributed by atoms with E-state index in [1.807, 2.05) is 57.2 Å². The van der Waals surface area contributed by atoms with E-state index in [1.165, 1.54) is 6.33 Å². The van der Waals surface area contributed by atoms with Gasteiger partial charge in [0.15, 0.2) is 0 Å². The molecule has 0 fully saturated rings. The number of aromatic nitrogens is 3. The normalized spacial score (nSPS) is 14.0. The highest BCUT2D eigenvalue weighted by atomic mass is 35.5. The Kier molecular flexibility index (Phi) is 5.03. The van der Waals surface area contributed by atoms with Gasteiger partial charge in [0.2, 0.25) is 0 Å². The van der Waals surface area contributed by atoms with Gasteiger partial charge >= 0.3 is 0 Å². The van der Waals surface area contributed by atoms with Gasteiger partial charge in [-0.2, -0.15) is 5.10 Å². The summed E-state index contributed by atoms with van der Waals surface area (Å²) in [5, 5.41) is 16.2. The average molecular weight is 372 g/mol. The van der Waals surface area contributed by atoms with Gasteiger partial charge in [-0.25, -0.2) is 9.67 Å². The first-order chi connectivity index (χ1) is 12.3. The number of hydrogen-bond acceptors (Lipinski definition) is 4. The van der Waals surface area contributed by atoms with Crippen LogP contribution in [0, 0.1) is 5.41 Å². The van der Waals surface area contributed by atoms with Crippen LogP contribution in [-0.4, -0.2) is 19.9 Å². The number of aliphatic hydroxyl groups is 1. The summed E-state index contributed by atoms with van der Waals surface area (Å²) in [5.41, 5.74) is -1.03. The van der Waals surface area contributed by atoms with Crippen LogP contribution < -0.4 is 4.74 Å². The van der Waals surface area contributed by atoms with E-state index in [1.54, 1.807) is 23.1 Å². The van der Waals surface area contributed by atoms with Crippen LogP contribution in [0.4, 0.5) is 0 Å². The third-order valence-corrected chi connectivity index (χ3v) is 4.64. The zero-order valence-corrected chi connectivity index (χ0v) is 15.8. The van der Waals surface area contributed by atoms with Gasteiger partial charge in [-0.05, 0) is 41.3 Å². The minimum atomic E-state index is -1.22. The second-order valence-corrected chi connectivity index (χ2v) is 7.73. The van der Waals surface area contributed by atoms with Crippen molar-refractivity contribution in [2.45, 2.75) is 32.9 Å². The third-order valence-electron chi connectivity index (χ3n) is 4.43. The van der Waals surface area contributed by atoms with Crippen molar-refractivity contribution < 1.29 is 9.84 Å². The van der Waals surface area contributed by atoms with Crippen molar-refractivity contribution in [3.63, 3.8) is 0 Å². The fourth-order valence-electron chi connectivity index (χ4n) is 2.80. The molecule has 0 aliphatic carbocycles. The molecule has 0 spiro atoms. The lowest BCUT2D eigenvalue weighted by Crippen LogP contribution is -2.44. The quantitative estimate of drug-likeness (QED) is 0.708. The van der Waals surface area contributed by atoms with Gasteiger partial charge in [-0.1, -0.05) is 50.6 Å². The van der Waals surface area contributed by atoms with Crippen molar-refractivity contribution in [3.05, 3.63) is 71.8 Å². The van der Waals surface area contributed by atoms with E-state index in [-0.39, 0.29) is 6.54 Å². The number of benzene rings is 2. The van der Waals surface area contributed by atoms with Crippen molar-refractivity contribution in [3.8, 4) is 11.5 Å². The van der Waals surface area contributed by atoms with E-state index >= 15 is 0 Å². The van der Waals surface area contributed by atoms with Crippen LogP contribution in [0.3, 0.4) is 0 Å². The Morgan fingerprint density at radius 3 is 2.42 bits per heavy atom. The molecule has 0 aliphatic heterocycles. The predicted molar refractivity (Wildman–Crippen MR) is 101 cm³/mol. The summed E-state index contributed by atoms with van der Waals surface area (Å²) in [6.07, 6.45) is 3.04. The summed E-state index contributed by atoms with van der Waals surface area (Å²) in [6, 6.07) is 14.8. The Labute approximate surface area is 158 Å². The van der Waals surface area contributed by atoms with Gasteiger partial charge in [0, 0.05) is 5.02 Å². The SMILES string of the molecule is CC(C)(C)C(O)(Cn1cncn1)c1cc(Cl)cc(Oc2ccccc2)c1. The summed E-state index contributed by atoms with van der Waals surface area (Å²) >= 11 is 6.33. The van der Waals surface area contributed by atoms with Crippen LogP contribution in [0.15, 0.2) is 61.2 Å². The van der Waals surface area contributed by atoms with Gasteiger partial charge in [-0.15, -0.1) is 0 Å². The summed E-state index contributed by atoms with van der Waals surface area (Å²) in [6.45, 7) is 6.18. The standard InChI is InChI=1S/C20H22ClN3O2/c1-19(2,3)20(25,12-24-14-22-13-23-24)15-9-16(21)11-18(10-15)26-17-7-5-4-6-8-17/h4-11,13-14,25H,12H2,1-3H3. The van der Waals surface area contributed by atoms with Crippen LogP contribution in [0.1, 0.15) is 26.3 Å². The highest BCUT2D eigenvalue weighted by molar-refractivity contribution is 6.30. The lowest BCUT2D eigenvalue weighted by molar-refractivity contribution is -0.0805. The van der Waals surface area contributed by atoms with Crippen molar-refractivity contribution in [1.82, 2.24) is 14.8 Å². The van der Waals surface area contributed by atoms with E-state index in [0.717, 1.165) is 0 Å². The maximum Gasteiger partial charge on any atom is 0.137 e. The zero-order valence-electron chi connectivity index (χ0n) is 15.1. The topological polar surface area (TPSA) is 60.2 Å². The number of para-hydroxylation sites is 1. The lowest BCUT2D eigenvalue weighted by Gasteiger charge is -2.40. The largest absolute Gasteiger partial charge is 0.457 e. The molecule has 0 aliphatic rings. The molecule has 3 aromatic rings. The first-order valence-electron chi connectivity index (χ1n) is 8.37. The minimum Gasteiger partial charge on any atom is -0.457 e. The molecule has 3 rings (SSSR count). The number of hydrogen-bond donors (Lipinski definition) is 1. The average Bonchev–Trinajstić information content (AvgIpc) is 3.07. The Bertz CT molecular complexity index is 861. The van der Waals surface area contributed by atoms with E-state index in [2.05, 4.69) is 10.1 Å². The van der Waals surface area contributed by atoms with Crippen molar-refractivity contribution in [2.24, 2.45) is 5.41 Å². The van der Waals surface area contributed by atoms with E-state index < -0.39 is 11.0 Å². The van der Waals surface area contributed by atoms with Crippen LogP contribution in [-0.2, 0) is 12.1 Å². The Hall–Kier alpha value is -2.37. The van der Waals surface area contributed by atoms with Crippen LogP contribution in [0.5, 0.6) is 11.5 Å². The first kappa shape index (κ1) is 18.4. The lowest BCUT2D eigenvalue weighted by atomic mass is 9.72.